The molecule has 106 valence electrons. The maximum Gasteiger partial charge on any atom is 0.242 e. The molecule has 2 rings (SSSR count). The summed E-state index contributed by atoms with van der Waals surface area (Å²) >= 11 is 1.67. The van der Waals surface area contributed by atoms with Crippen LogP contribution in [-0.4, -0.2) is 31.3 Å². The van der Waals surface area contributed by atoms with Gasteiger partial charge in [0, 0.05) is 18.5 Å². The highest BCUT2D eigenvalue weighted by Crippen LogP contribution is 2.34. The second kappa shape index (κ2) is 6.67. The molecule has 4 nitrogen and oxygen atoms in total. The number of carbonyl (C=O) groups excluding carboxylic acids is 1. The molecule has 1 fully saturated rings. The van der Waals surface area contributed by atoms with Crippen molar-refractivity contribution >= 4 is 23.4 Å². The summed E-state index contributed by atoms with van der Waals surface area (Å²) in [5, 5.41) is 12.2. The van der Waals surface area contributed by atoms with Crippen LogP contribution in [0.15, 0.2) is 23.1 Å². The molecule has 1 aliphatic rings. The van der Waals surface area contributed by atoms with Gasteiger partial charge in [-0.25, -0.2) is 0 Å². The third kappa shape index (κ3) is 2.75. The second-order valence-corrected chi connectivity index (χ2v) is 5.97. The summed E-state index contributed by atoms with van der Waals surface area (Å²) < 4.78 is 0. The Labute approximate surface area is 124 Å². The molecule has 1 unspecified atom stereocenters. The average Bonchev–Trinajstić information content (AvgIpc) is 2.95. The monoisotopic (exact) mass is 289 g/mol. The minimum Gasteiger partial charge on any atom is -0.358 e. The lowest BCUT2D eigenvalue weighted by Gasteiger charge is -2.27. The van der Waals surface area contributed by atoms with Gasteiger partial charge in [-0.15, -0.1) is 11.8 Å². The van der Waals surface area contributed by atoms with E-state index >= 15 is 0 Å². The number of hydrogen-bond donors (Lipinski definition) is 1. The summed E-state index contributed by atoms with van der Waals surface area (Å²) in [7, 11) is 1.66. The van der Waals surface area contributed by atoms with Crippen molar-refractivity contribution in [3.63, 3.8) is 0 Å². The van der Waals surface area contributed by atoms with E-state index in [1.54, 1.807) is 18.8 Å². The lowest BCUT2D eigenvalue weighted by molar-refractivity contribution is -0.121. The zero-order chi connectivity index (χ0) is 14.5. The molecule has 1 N–H and O–H groups in total. The van der Waals surface area contributed by atoms with Crippen molar-refractivity contribution < 1.29 is 4.79 Å². The normalized spacial score (nSPS) is 17.9. The Hall–Kier alpha value is -1.67. The fourth-order valence-corrected chi connectivity index (χ4v) is 3.42. The third-order valence-electron chi connectivity index (χ3n) is 3.53. The summed E-state index contributed by atoms with van der Waals surface area (Å²) in [6.45, 7) is 2.90. The van der Waals surface area contributed by atoms with Crippen molar-refractivity contribution in [2.24, 2.45) is 0 Å². The number of thioether (sulfide) groups is 1. The molecule has 1 heterocycles. The van der Waals surface area contributed by atoms with Gasteiger partial charge in [-0.1, -0.05) is 13.0 Å². The van der Waals surface area contributed by atoms with Gasteiger partial charge < -0.3 is 10.2 Å². The van der Waals surface area contributed by atoms with Gasteiger partial charge in [-0.05, 0) is 30.7 Å². The molecule has 1 saturated heterocycles. The fraction of sp³-hybridized carbons (Fsp3) is 0.467. The van der Waals surface area contributed by atoms with Crippen LogP contribution in [0.4, 0.5) is 5.69 Å². The van der Waals surface area contributed by atoms with Gasteiger partial charge in [0.2, 0.25) is 5.91 Å². The first kappa shape index (κ1) is 14.7. The van der Waals surface area contributed by atoms with E-state index in [0.29, 0.717) is 5.56 Å². The molecule has 0 saturated carbocycles. The minimum absolute atomic E-state index is 0.0277. The van der Waals surface area contributed by atoms with Crippen molar-refractivity contribution in [3.8, 4) is 6.07 Å². The SMILES string of the molecule is CCSc1cccc(N2CCCC2C(=O)NC)c1C#N. The van der Waals surface area contributed by atoms with Crippen molar-refractivity contribution in [1.82, 2.24) is 5.32 Å². The summed E-state index contributed by atoms with van der Waals surface area (Å²) in [5.41, 5.74) is 1.58. The number of nitriles is 1. The Balaban J connectivity index is 2.39. The van der Waals surface area contributed by atoms with Crippen LogP contribution in [0.2, 0.25) is 0 Å². The Morgan fingerprint density at radius 3 is 3.05 bits per heavy atom. The average molecular weight is 289 g/mol. The summed E-state index contributed by atoms with van der Waals surface area (Å²) in [6.07, 6.45) is 1.82. The van der Waals surface area contributed by atoms with Crippen LogP contribution < -0.4 is 10.2 Å². The van der Waals surface area contributed by atoms with Crippen LogP contribution in [-0.2, 0) is 4.79 Å². The quantitative estimate of drug-likeness (QED) is 0.865. The molecule has 1 aliphatic heterocycles. The maximum absolute atomic E-state index is 12.0. The molecule has 20 heavy (non-hydrogen) atoms. The summed E-state index contributed by atoms with van der Waals surface area (Å²) in [4.78, 5) is 15.0. The zero-order valence-corrected chi connectivity index (χ0v) is 12.7. The van der Waals surface area contributed by atoms with Crippen molar-refractivity contribution in [2.45, 2.75) is 30.7 Å². The number of amides is 1. The maximum atomic E-state index is 12.0. The molecule has 0 spiro atoms. The van der Waals surface area contributed by atoms with E-state index in [0.717, 1.165) is 35.7 Å². The van der Waals surface area contributed by atoms with E-state index < -0.39 is 0 Å². The lowest BCUT2D eigenvalue weighted by Crippen LogP contribution is -2.42. The number of anilines is 1. The Morgan fingerprint density at radius 2 is 2.40 bits per heavy atom. The van der Waals surface area contributed by atoms with E-state index in [-0.39, 0.29) is 11.9 Å². The smallest absolute Gasteiger partial charge is 0.242 e. The number of likely N-dealkylation sites (N-methyl/N-ethyl adjacent to an activating group) is 1. The molecule has 1 aromatic carbocycles. The van der Waals surface area contributed by atoms with Gasteiger partial charge in [0.15, 0.2) is 0 Å². The molecule has 0 aliphatic carbocycles. The van der Waals surface area contributed by atoms with Gasteiger partial charge in [0.25, 0.3) is 0 Å². The Bertz CT molecular complexity index is 538. The highest BCUT2D eigenvalue weighted by atomic mass is 32.2. The van der Waals surface area contributed by atoms with Crippen LogP contribution in [0.3, 0.4) is 0 Å². The van der Waals surface area contributed by atoms with E-state index in [2.05, 4.69) is 23.2 Å². The lowest BCUT2D eigenvalue weighted by atomic mass is 10.1. The second-order valence-electron chi connectivity index (χ2n) is 4.66. The largest absolute Gasteiger partial charge is 0.358 e. The molecule has 1 aromatic rings. The molecule has 1 amide bonds. The first-order valence-electron chi connectivity index (χ1n) is 6.87. The number of rotatable bonds is 4. The predicted octanol–water partition coefficient (Wildman–Crippen LogP) is 2.39. The van der Waals surface area contributed by atoms with Crippen LogP contribution in [0.1, 0.15) is 25.3 Å². The van der Waals surface area contributed by atoms with Crippen molar-refractivity contribution in [2.75, 3.05) is 24.2 Å². The Morgan fingerprint density at radius 1 is 1.60 bits per heavy atom. The van der Waals surface area contributed by atoms with Crippen molar-refractivity contribution in [1.29, 1.82) is 5.26 Å². The number of benzene rings is 1. The predicted molar refractivity (Wildman–Crippen MR) is 82.0 cm³/mol. The zero-order valence-electron chi connectivity index (χ0n) is 11.8. The van der Waals surface area contributed by atoms with Crippen LogP contribution in [0.5, 0.6) is 0 Å². The van der Waals surface area contributed by atoms with E-state index in [1.165, 1.54) is 0 Å². The molecule has 0 radical (unpaired) electrons. The van der Waals surface area contributed by atoms with E-state index in [4.69, 9.17) is 0 Å². The van der Waals surface area contributed by atoms with Gasteiger partial charge in [0.05, 0.1) is 11.3 Å². The topological polar surface area (TPSA) is 56.1 Å². The third-order valence-corrected chi connectivity index (χ3v) is 4.47. The fourth-order valence-electron chi connectivity index (χ4n) is 2.64. The molecule has 5 heteroatoms. The standard InChI is InChI=1S/C15H19N3OS/c1-3-20-14-8-4-6-12(11(14)10-16)18-9-5-7-13(18)15(19)17-2/h4,6,8,13H,3,5,7,9H2,1-2H3,(H,17,19). The first-order valence-corrected chi connectivity index (χ1v) is 7.85. The Kier molecular flexibility index (Phi) is 4.91. The van der Waals surface area contributed by atoms with E-state index in [1.807, 2.05) is 18.2 Å². The number of carbonyl (C=O) groups is 1. The minimum atomic E-state index is -0.158. The van der Waals surface area contributed by atoms with Gasteiger partial charge >= 0.3 is 0 Å². The molecule has 0 aromatic heterocycles. The summed E-state index contributed by atoms with van der Waals surface area (Å²) in [5.74, 6) is 0.955. The number of nitrogens with zero attached hydrogens (tertiary/aromatic N) is 2. The van der Waals surface area contributed by atoms with Gasteiger partial charge in [-0.3, -0.25) is 4.79 Å². The molecule has 0 bridgehead atoms. The molecule has 1 atom stereocenters. The van der Waals surface area contributed by atoms with E-state index in [9.17, 15) is 10.1 Å². The van der Waals surface area contributed by atoms with Gasteiger partial charge in [0.1, 0.15) is 12.1 Å². The number of nitrogens with one attached hydrogen (secondary N) is 1. The molecular weight excluding hydrogens is 270 g/mol. The summed E-state index contributed by atoms with van der Waals surface area (Å²) in [6, 6.07) is 8.03. The highest BCUT2D eigenvalue weighted by Gasteiger charge is 2.31. The van der Waals surface area contributed by atoms with Crippen LogP contribution in [0, 0.1) is 11.3 Å². The van der Waals surface area contributed by atoms with Crippen molar-refractivity contribution in [3.05, 3.63) is 23.8 Å². The van der Waals surface area contributed by atoms with Crippen LogP contribution in [0.25, 0.3) is 0 Å². The number of hydrogen-bond acceptors (Lipinski definition) is 4. The van der Waals surface area contributed by atoms with Gasteiger partial charge in [-0.2, -0.15) is 5.26 Å². The molecular formula is C15H19N3OS. The first-order chi connectivity index (χ1) is 9.72. The van der Waals surface area contributed by atoms with Crippen LogP contribution >= 0.6 is 11.8 Å². The highest BCUT2D eigenvalue weighted by molar-refractivity contribution is 7.99.